The number of aryl methyl sites for hydroxylation is 2. The molecule has 0 saturated carbocycles. The summed E-state index contributed by atoms with van der Waals surface area (Å²) in [6, 6.07) is 14.0. The number of nitrogens with zero attached hydrogens (tertiary/aromatic N) is 2. The fourth-order valence-electron chi connectivity index (χ4n) is 3.14. The van der Waals surface area contributed by atoms with Gasteiger partial charge in [-0.2, -0.15) is 0 Å². The second kappa shape index (κ2) is 6.96. The third kappa shape index (κ3) is 3.33. The summed E-state index contributed by atoms with van der Waals surface area (Å²) < 4.78 is 0. The van der Waals surface area contributed by atoms with Gasteiger partial charge in [-0.1, -0.05) is 41.9 Å². The van der Waals surface area contributed by atoms with Crippen molar-refractivity contribution in [2.24, 2.45) is 0 Å². The number of carbonyl (C=O) groups is 1. The van der Waals surface area contributed by atoms with Crippen molar-refractivity contribution >= 4 is 23.2 Å². The zero-order valence-corrected chi connectivity index (χ0v) is 15.2. The van der Waals surface area contributed by atoms with Gasteiger partial charge in [0, 0.05) is 30.3 Å². The molecule has 1 aliphatic rings. The summed E-state index contributed by atoms with van der Waals surface area (Å²) in [5.74, 6) is 0.134. The van der Waals surface area contributed by atoms with Crippen LogP contribution in [0.4, 0.5) is 5.69 Å². The molecule has 1 amide bonds. The number of rotatable bonds is 3. The molecule has 2 aromatic rings. The second-order valence-electron chi connectivity index (χ2n) is 6.50. The van der Waals surface area contributed by atoms with Crippen molar-refractivity contribution in [2.75, 3.05) is 18.0 Å². The van der Waals surface area contributed by atoms with Crippen LogP contribution < -0.4 is 4.90 Å². The van der Waals surface area contributed by atoms with Gasteiger partial charge in [0.2, 0.25) is 5.91 Å². The average molecular weight is 343 g/mol. The Morgan fingerprint density at radius 3 is 2.54 bits per heavy atom. The van der Waals surface area contributed by atoms with Crippen molar-refractivity contribution in [3.8, 4) is 0 Å². The molecule has 3 nitrogen and oxygen atoms in total. The Morgan fingerprint density at radius 1 is 1.08 bits per heavy atom. The Balaban J connectivity index is 1.76. The van der Waals surface area contributed by atoms with E-state index in [0.29, 0.717) is 11.6 Å². The third-order valence-corrected chi connectivity index (χ3v) is 5.29. The number of hydrogen-bond donors (Lipinski definition) is 0. The predicted octanol–water partition coefficient (Wildman–Crippen LogP) is 4.19. The lowest BCUT2D eigenvalue weighted by Gasteiger charge is -2.39. The van der Waals surface area contributed by atoms with Crippen molar-refractivity contribution in [1.29, 1.82) is 0 Å². The van der Waals surface area contributed by atoms with Crippen molar-refractivity contribution in [2.45, 2.75) is 33.4 Å². The smallest absolute Gasteiger partial charge is 0.244 e. The monoisotopic (exact) mass is 342 g/mol. The van der Waals surface area contributed by atoms with E-state index in [2.05, 4.69) is 30.0 Å². The van der Waals surface area contributed by atoms with Gasteiger partial charge in [-0.3, -0.25) is 9.69 Å². The van der Waals surface area contributed by atoms with E-state index < -0.39 is 0 Å². The lowest BCUT2D eigenvalue weighted by molar-refractivity contribution is -0.125. The molecule has 0 spiro atoms. The quantitative estimate of drug-likeness (QED) is 0.834. The molecule has 1 unspecified atom stereocenters. The molecule has 1 saturated heterocycles. The Hall–Kier alpha value is -1.84. The molecule has 1 fully saturated rings. The fourth-order valence-corrected chi connectivity index (χ4v) is 3.32. The molecule has 0 radical (unpaired) electrons. The largest absolute Gasteiger partial charge is 0.310 e. The average Bonchev–Trinajstić information content (AvgIpc) is 2.57. The number of carbonyl (C=O) groups excluding carboxylic acids is 1. The highest BCUT2D eigenvalue weighted by Crippen LogP contribution is 2.26. The highest BCUT2D eigenvalue weighted by molar-refractivity contribution is 6.31. The van der Waals surface area contributed by atoms with Crippen LogP contribution in [0.3, 0.4) is 0 Å². The summed E-state index contributed by atoms with van der Waals surface area (Å²) in [7, 11) is 0. The van der Waals surface area contributed by atoms with Crippen molar-refractivity contribution in [3.05, 3.63) is 64.2 Å². The molecule has 2 aromatic carbocycles. The van der Waals surface area contributed by atoms with Gasteiger partial charge in [0.1, 0.15) is 0 Å². The van der Waals surface area contributed by atoms with Crippen LogP contribution in [0, 0.1) is 13.8 Å². The molecule has 1 aliphatic heterocycles. The third-order valence-electron chi connectivity index (χ3n) is 4.88. The predicted molar refractivity (Wildman–Crippen MR) is 99.6 cm³/mol. The van der Waals surface area contributed by atoms with Gasteiger partial charge in [0.05, 0.1) is 6.04 Å². The second-order valence-corrected chi connectivity index (χ2v) is 6.90. The Bertz CT molecular complexity index is 759. The summed E-state index contributed by atoms with van der Waals surface area (Å²) in [5.41, 5.74) is 4.46. The standard InChI is InChI=1S/C20H23ClN2O/c1-14-6-4-5-7-17(14)13-22-10-11-23(20(24)16(22)3)18-9-8-15(2)19(21)12-18/h4-9,12,16H,10-11,13H2,1-3H3. The van der Waals surface area contributed by atoms with Crippen molar-refractivity contribution < 1.29 is 4.79 Å². The molecular formula is C20H23ClN2O. The van der Waals surface area contributed by atoms with E-state index in [1.807, 2.05) is 43.0 Å². The first-order valence-electron chi connectivity index (χ1n) is 8.33. The molecule has 0 bridgehead atoms. The van der Waals surface area contributed by atoms with E-state index in [0.717, 1.165) is 24.3 Å². The topological polar surface area (TPSA) is 23.6 Å². The normalized spacial score (nSPS) is 18.9. The summed E-state index contributed by atoms with van der Waals surface area (Å²) in [6.45, 7) is 8.43. The minimum absolute atomic E-state index is 0.134. The van der Waals surface area contributed by atoms with Crippen LogP contribution >= 0.6 is 11.6 Å². The maximum Gasteiger partial charge on any atom is 0.244 e. The van der Waals surface area contributed by atoms with E-state index >= 15 is 0 Å². The van der Waals surface area contributed by atoms with Crippen LogP contribution in [-0.2, 0) is 11.3 Å². The first kappa shape index (κ1) is 17.0. The molecule has 3 rings (SSSR count). The van der Waals surface area contributed by atoms with Gasteiger partial charge in [0.25, 0.3) is 0 Å². The molecule has 1 atom stereocenters. The number of anilines is 1. The number of halogens is 1. The van der Waals surface area contributed by atoms with Crippen LogP contribution in [0.1, 0.15) is 23.6 Å². The molecule has 0 N–H and O–H groups in total. The number of benzene rings is 2. The van der Waals surface area contributed by atoms with E-state index in [-0.39, 0.29) is 11.9 Å². The maximum atomic E-state index is 12.8. The number of hydrogen-bond acceptors (Lipinski definition) is 2. The summed E-state index contributed by atoms with van der Waals surface area (Å²) in [4.78, 5) is 16.9. The van der Waals surface area contributed by atoms with Gasteiger partial charge in [-0.05, 0) is 49.6 Å². The van der Waals surface area contributed by atoms with Crippen LogP contribution in [-0.4, -0.2) is 29.9 Å². The first-order chi connectivity index (χ1) is 11.5. The molecular weight excluding hydrogens is 320 g/mol. The van der Waals surface area contributed by atoms with E-state index in [4.69, 9.17) is 11.6 Å². The lowest BCUT2D eigenvalue weighted by atomic mass is 10.1. The Morgan fingerprint density at radius 2 is 1.83 bits per heavy atom. The number of amides is 1. The van der Waals surface area contributed by atoms with Gasteiger partial charge < -0.3 is 4.90 Å². The first-order valence-corrected chi connectivity index (χ1v) is 8.71. The van der Waals surface area contributed by atoms with Gasteiger partial charge >= 0.3 is 0 Å². The molecule has 1 heterocycles. The SMILES string of the molecule is Cc1ccc(N2CCN(Cc3ccccc3C)C(C)C2=O)cc1Cl. The molecule has 126 valence electrons. The van der Waals surface area contributed by atoms with Gasteiger partial charge in [-0.25, -0.2) is 0 Å². The summed E-state index contributed by atoms with van der Waals surface area (Å²) in [6.07, 6.45) is 0. The highest BCUT2D eigenvalue weighted by Gasteiger charge is 2.32. The minimum Gasteiger partial charge on any atom is -0.310 e. The zero-order chi connectivity index (χ0) is 17.3. The molecule has 24 heavy (non-hydrogen) atoms. The fraction of sp³-hybridized carbons (Fsp3) is 0.350. The van der Waals surface area contributed by atoms with E-state index in [1.54, 1.807) is 0 Å². The van der Waals surface area contributed by atoms with Crippen LogP contribution in [0.25, 0.3) is 0 Å². The highest BCUT2D eigenvalue weighted by atomic mass is 35.5. The van der Waals surface area contributed by atoms with Crippen LogP contribution in [0.5, 0.6) is 0 Å². The maximum absolute atomic E-state index is 12.8. The van der Waals surface area contributed by atoms with Gasteiger partial charge in [-0.15, -0.1) is 0 Å². The van der Waals surface area contributed by atoms with Crippen LogP contribution in [0.2, 0.25) is 5.02 Å². The molecule has 0 aliphatic carbocycles. The van der Waals surface area contributed by atoms with Gasteiger partial charge in [0.15, 0.2) is 0 Å². The molecule has 4 heteroatoms. The van der Waals surface area contributed by atoms with E-state index in [9.17, 15) is 4.79 Å². The number of piperazine rings is 1. The van der Waals surface area contributed by atoms with Crippen molar-refractivity contribution in [3.63, 3.8) is 0 Å². The van der Waals surface area contributed by atoms with E-state index in [1.165, 1.54) is 11.1 Å². The Kier molecular flexibility index (Phi) is 4.93. The van der Waals surface area contributed by atoms with Crippen LogP contribution in [0.15, 0.2) is 42.5 Å². The molecule has 0 aromatic heterocycles. The zero-order valence-electron chi connectivity index (χ0n) is 14.4. The summed E-state index contributed by atoms with van der Waals surface area (Å²) >= 11 is 6.22. The minimum atomic E-state index is -0.140. The van der Waals surface area contributed by atoms with Crippen molar-refractivity contribution in [1.82, 2.24) is 4.90 Å². The summed E-state index contributed by atoms with van der Waals surface area (Å²) in [5, 5.41) is 0.704. The Labute approximate surface area is 148 Å². The lowest BCUT2D eigenvalue weighted by Crippen LogP contribution is -2.55.